The van der Waals surface area contributed by atoms with Crippen molar-refractivity contribution in [2.24, 2.45) is 5.92 Å². The molecule has 1 heterocycles. The average Bonchev–Trinajstić information content (AvgIpc) is 2.44. The molecule has 2 atom stereocenters. The van der Waals surface area contributed by atoms with Gasteiger partial charge in [-0.25, -0.2) is 0 Å². The molecule has 0 unspecified atom stereocenters. The van der Waals surface area contributed by atoms with Gasteiger partial charge in [0.1, 0.15) is 5.75 Å². The minimum absolute atomic E-state index is 0.406. The quantitative estimate of drug-likeness (QED) is 0.889. The minimum atomic E-state index is 0.406. The van der Waals surface area contributed by atoms with Crippen LogP contribution in [0.5, 0.6) is 5.75 Å². The topological polar surface area (TPSA) is 23.5 Å². The highest BCUT2D eigenvalue weighted by Gasteiger charge is 2.43. The number of para-hydroxylation sites is 1. The largest absolute Gasteiger partial charge is 0.508 e. The molecule has 0 amide bonds. The number of piperidine rings is 1. The molecule has 1 N–H and O–H groups in total. The van der Waals surface area contributed by atoms with Crippen molar-refractivity contribution in [3.63, 3.8) is 0 Å². The zero-order valence-corrected chi connectivity index (χ0v) is 11.9. The van der Waals surface area contributed by atoms with Gasteiger partial charge in [0.05, 0.1) is 0 Å². The first-order valence-electron chi connectivity index (χ1n) is 7.75. The molecule has 104 valence electrons. The monoisotopic (exact) mass is 259 g/mol. The van der Waals surface area contributed by atoms with Gasteiger partial charge in [-0.1, -0.05) is 38.0 Å². The van der Waals surface area contributed by atoms with Crippen molar-refractivity contribution in [2.45, 2.75) is 57.5 Å². The highest BCUT2D eigenvalue weighted by atomic mass is 16.3. The molecule has 1 aliphatic heterocycles. The van der Waals surface area contributed by atoms with Gasteiger partial charge < -0.3 is 5.11 Å². The molecule has 0 spiro atoms. The van der Waals surface area contributed by atoms with Crippen molar-refractivity contribution in [2.75, 3.05) is 6.54 Å². The summed E-state index contributed by atoms with van der Waals surface area (Å²) < 4.78 is 0. The fourth-order valence-corrected chi connectivity index (χ4v) is 4.21. The van der Waals surface area contributed by atoms with Gasteiger partial charge >= 0.3 is 0 Å². The number of hydrogen-bond acceptors (Lipinski definition) is 2. The Labute approximate surface area is 116 Å². The first kappa shape index (κ1) is 13.0. The molecule has 1 aromatic carbocycles. The lowest BCUT2D eigenvalue weighted by Gasteiger charge is -2.53. The number of fused-ring (bicyclic) bond motifs is 2. The molecule has 2 aliphatic rings. The third kappa shape index (κ3) is 2.38. The number of phenols is 1. The highest BCUT2D eigenvalue weighted by molar-refractivity contribution is 5.31. The summed E-state index contributed by atoms with van der Waals surface area (Å²) in [6.45, 7) is 4.45. The Bertz CT molecular complexity index is 445. The van der Waals surface area contributed by atoms with Crippen molar-refractivity contribution in [3.05, 3.63) is 29.8 Å². The Kier molecular flexibility index (Phi) is 3.53. The van der Waals surface area contributed by atoms with Crippen LogP contribution in [-0.4, -0.2) is 22.1 Å². The Morgan fingerprint density at radius 1 is 1.32 bits per heavy atom. The predicted molar refractivity (Wildman–Crippen MR) is 78.1 cm³/mol. The fourth-order valence-electron chi connectivity index (χ4n) is 4.21. The molecular weight excluding hydrogens is 234 g/mol. The average molecular weight is 259 g/mol. The summed E-state index contributed by atoms with van der Waals surface area (Å²) in [4.78, 5) is 2.65. The van der Waals surface area contributed by atoms with Gasteiger partial charge in [-0.2, -0.15) is 0 Å². The second-order valence-electron chi connectivity index (χ2n) is 6.38. The van der Waals surface area contributed by atoms with Gasteiger partial charge in [0.25, 0.3) is 0 Å². The molecule has 1 aromatic rings. The Morgan fingerprint density at radius 3 is 2.95 bits per heavy atom. The molecule has 2 heteroatoms. The van der Waals surface area contributed by atoms with Crippen LogP contribution in [-0.2, 0) is 6.54 Å². The van der Waals surface area contributed by atoms with Crippen molar-refractivity contribution in [1.82, 2.24) is 4.90 Å². The van der Waals surface area contributed by atoms with E-state index in [1.165, 1.54) is 45.1 Å². The van der Waals surface area contributed by atoms with E-state index in [2.05, 4.69) is 17.9 Å². The maximum Gasteiger partial charge on any atom is 0.120 e. The third-order valence-electron chi connectivity index (χ3n) is 5.41. The van der Waals surface area contributed by atoms with Crippen LogP contribution in [0.1, 0.15) is 51.0 Å². The van der Waals surface area contributed by atoms with Crippen LogP contribution in [0.25, 0.3) is 0 Å². The first-order valence-corrected chi connectivity index (χ1v) is 7.75. The summed E-state index contributed by atoms with van der Waals surface area (Å²) in [6.07, 6.45) is 8.12. The highest BCUT2D eigenvalue weighted by Crippen LogP contribution is 2.45. The molecule has 1 aliphatic carbocycles. The number of hydrogen-bond donors (Lipinski definition) is 1. The van der Waals surface area contributed by atoms with Crippen LogP contribution in [0, 0.1) is 5.92 Å². The first-order chi connectivity index (χ1) is 9.23. The smallest absolute Gasteiger partial charge is 0.120 e. The summed E-state index contributed by atoms with van der Waals surface area (Å²) >= 11 is 0. The van der Waals surface area contributed by atoms with Crippen molar-refractivity contribution in [1.29, 1.82) is 0 Å². The Hall–Kier alpha value is -1.02. The van der Waals surface area contributed by atoms with Crippen LogP contribution < -0.4 is 0 Å². The van der Waals surface area contributed by atoms with E-state index >= 15 is 0 Å². The van der Waals surface area contributed by atoms with E-state index in [9.17, 15) is 5.11 Å². The van der Waals surface area contributed by atoms with E-state index < -0.39 is 0 Å². The number of rotatable bonds is 3. The molecule has 2 fully saturated rings. The van der Waals surface area contributed by atoms with Gasteiger partial charge in [0, 0.05) is 17.6 Å². The van der Waals surface area contributed by atoms with E-state index in [0.717, 1.165) is 18.0 Å². The van der Waals surface area contributed by atoms with Gasteiger partial charge in [0.15, 0.2) is 0 Å². The third-order valence-corrected chi connectivity index (χ3v) is 5.41. The number of phenolic OH excluding ortho intramolecular Hbond substituents is 1. The molecule has 0 radical (unpaired) electrons. The second kappa shape index (κ2) is 5.16. The zero-order valence-electron chi connectivity index (χ0n) is 11.9. The molecule has 2 nitrogen and oxygen atoms in total. The lowest BCUT2D eigenvalue weighted by Crippen LogP contribution is -2.55. The maximum atomic E-state index is 10.00. The fraction of sp³-hybridized carbons (Fsp3) is 0.647. The molecule has 19 heavy (non-hydrogen) atoms. The Morgan fingerprint density at radius 2 is 2.16 bits per heavy atom. The van der Waals surface area contributed by atoms with Gasteiger partial charge in [0.2, 0.25) is 0 Å². The maximum absolute atomic E-state index is 10.00. The van der Waals surface area contributed by atoms with Crippen LogP contribution in [0.15, 0.2) is 24.3 Å². The molecular formula is C17H25NO. The van der Waals surface area contributed by atoms with Crippen molar-refractivity contribution >= 4 is 0 Å². The van der Waals surface area contributed by atoms with Crippen LogP contribution in [0.4, 0.5) is 0 Å². The zero-order chi connectivity index (χ0) is 13.3. The summed E-state index contributed by atoms with van der Waals surface area (Å²) in [5.74, 6) is 1.40. The summed E-state index contributed by atoms with van der Waals surface area (Å²) in [7, 11) is 0. The lowest BCUT2D eigenvalue weighted by atomic mass is 9.69. The van der Waals surface area contributed by atoms with Gasteiger partial charge in [-0.05, 0) is 44.2 Å². The van der Waals surface area contributed by atoms with E-state index in [1.54, 1.807) is 0 Å². The predicted octanol–water partition coefficient (Wildman–Crippen LogP) is 3.94. The van der Waals surface area contributed by atoms with Crippen molar-refractivity contribution < 1.29 is 5.11 Å². The normalized spacial score (nSPS) is 31.3. The number of nitrogens with zero attached hydrogens (tertiary/aromatic N) is 1. The van der Waals surface area contributed by atoms with E-state index in [0.29, 0.717) is 11.3 Å². The van der Waals surface area contributed by atoms with E-state index in [1.807, 2.05) is 18.2 Å². The Balaban J connectivity index is 1.81. The summed E-state index contributed by atoms with van der Waals surface area (Å²) in [6, 6.07) is 7.80. The minimum Gasteiger partial charge on any atom is -0.508 e. The van der Waals surface area contributed by atoms with Crippen LogP contribution in [0.3, 0.4) is 0 Å². The standard InChI is InChI=1S/C17H25NO/c1-2-17-10-5-6-14(12-17)9-11-18(17)13-15-7-3-4-8-16(15)19/h3-4,7-8,14,19H,2,5-6,9-13H2,1H3/t14-,17-/m1/s1. The second-order valence-corrected chi connectivity index (χ2v) is 6.38. The van der Waals surface area contributed by atoms with Crippen molar-refractivity contribution in [3.8, 4) is 5.75 Å². The number of benzene rings is 1. The van der Waals surface area contributed by atoms with Gasteiger partial charge in [-0.15, -0.1) is 0 Å². The number of likely N-dealkylation sites (tertiary alicyclic amines) is 1. The number of aromatic hydroxyl groups is 1. The SMILES string of the molecule is CC[C@]12CCC[C@H](CCN1Cc1ccccc1O)C2. The van der Waals surface area contributed by atoms with E-state index in [-0.39, 0.29) is 0 Å². The molecule has 3 rings (SSSR count). The summed E-state index contributed by atoms with van der Waals surface area (Å²) in [5.41, 5.74) is 1.49. The van der Waals surface area contributed by atoms with Crippen LogP contribution in [0.2, 0.25) is 0 Å². The summed E-state index contributed by atoms with van der Waals surface area (Å²) in [5, 5.41) is 10.00. The van der Waals surface area contributed by atoms with E-state index in [4.69, 9.17) is 0 Å². The molecule has 1 saturated carbocycles. The molecule has 2 bridgehead atoms. The van der Waals surface area contributed by atoms with Crippen LogP contribution >= 0.6 is 0 Å². The van der Waals surface area contributed by atoms with Gasteiger partial charge in [-0.3, -0.25) is 4.90 Å². The molecule has 1 saturated heterocycles. The molecule has 0 aromatic heterocycles. The lowest BCUT2D eigenvalue weighted by molar-refractivity contribution is -0.0237.